The predicted molar refractivity (Wildman–Crippen MR) is 107 cm³/mol. The van der Waals surface area contributed by atoms with E-state index in [-0.39, 0.29) is 28.8 Å². The number of ether oxygens (including phenoxy) is 1. The summed E-state index contributed by atoms with van der Waals surface area (Å²) in [6.45, 7) is 1.93. The molecule has 1 aromatic carbocycles. The number of hydrogen-bond donors (Lipinski definition) is 2. The van der Waals surface area contributed by atoms with Gasteiger partial charge in [-0.25, -0.2) is 13.1 Å². The smallest absolute Gasteiger partial charge is 0.252 e. The molecule has 2 aromatic rings. The number of methoxy groups -OCH3 is 1. The average Bonchev–Trinajstić information content (AvgIpc) is 3.22. The number of nitrogens with zero attached hydrogens (tertiary/aromatic N) is 1. The summed E-state index contributed by atoms with van der Waals surface area (Å²) in [4.78, 5) is 13.8. The highest BCUT2D eigenvalue weighted by molar-refractivity contribution is 7.99. The molecule has 3 N–H and O–H groups in total. The highest BCUT2D eigenvalue weighted by atomic mass is 32.2. The lowest BCUT2D eigenvalue weighted by molar-refractivity contribution is 0.0997. The van der Waals surface area contributed by atoms with Crippen molar-refractivity contribution >= 4 is 27.7 Å². The predicted octanol–water partition coefficient (Wildman–Crippen LogP) is 1.46. The molecule has 10 heteroatoms. The van der Waals surface area contributed by atoms with Crippen molar-refractivity contribution in [2.45, 2.75) is 10.9 Å². The Bertz CT molecular complexity index is 909. The van der Waals surface area contributed by atoms with Crippen LogP contribution in [0.2, 0.25) is 0 Å². The van der Waals surface area contributed by atoms with Crippen LogP contribution in [0, 0.1) is 0 Å². The number of carbonyl (C=O) groups is 1. The van der Waals surface area contributed by atoms with Gasteiger partial charge in [-0.1, -0.05) is 0 Å². The van der Waals surface area contributed by atoms with E-state index in [1.165, 1.54) is 25.3 Å². The van der Waals surface area contributed by atoms with Crippen LogP contribution in [0.25, 0.3) is 0 Å². The van der Waals surface area contributed by atoms with Crippen LogP contribution in [0.15, 0.2) is 46.1 Å². The number of hydrogen-bond acceptors (Lipinski definition) is 7. The van der Waals surface area contributed by atoms with Gasteiger partial charge in [0, 0.05) is 36.7 Å². The summed E-state index contributed by atoms with van der Waals surface area (Å²) in [5.41, 5.74) is 6.27. The molecule has 1 amide bonds. The van der Waals surface area contributed by atoms with Crippen LogP contribution in [0.5, 0.6) is 5.75 Å². The van der Waals surface area contributed by atoms with Gasteiger partial charge in [-0.05, 0) is 24.3 Å². The van der Waals surface area contributed by atoms with E-state index in [2.05, 4.69) is 9.62 Å². The third-order valence-corrected chi connectivity index (χ3v) is 6.99. The largest absolute Gasteiger partial charge is 0.496 e. The summed E-state index contributed by atoms with van der Waals surface area (Å²) < 4.78 is 38.5. The van der Waals surface area contributed by atoms with Gasteiger partial charge in [0.05, 0.1) is 36.1 Å². The quantitative estimate of drug-likeness (QED) is 0.658. The zero-order chi connectivity index (χ0) is 20.1. The minimum absolute atomic E-state index is 0.0183. The minimum Gasteiger partial charge on any atom is -0.496 e. The van der Waals surface area contributed by atoms with Crippen LogP contribution in [0.3, 0.4) is 0 Å². The SMILES string of the molecule is COc1ccc(S(=O)(=O)NC[C@H](c2ccoc2)N2CCSCC2)cc1C(N)=O. The monoisotopic (exact) mass is 425 g/mol. The number of primary amides is 1. The highest BCUT2D eigenvalue weighted by Gasteiger charge is 2.26. The second kappa shape index (κ2) is 8.99. The van der Waals surface area contributed by atoms with Crippen molar-refractivity contribution in [3.05, 3.63) is 47.9 Å². The van der Waals surface area contributed by atoms with E-state index >= 15 is 0 Å². The number of furan rings is 1. The van der Waals surface area contributed by atoms with Gasteiger partial charge in [0.15, 0.2) is 0 Å². The van der Waals surface area contributed by atoms with Gasteiger partial charge in [-0.2, -0.15) is 11.8 Å². The van der Waals surface area contributed by atoms with Crippen molar-refractivity contribution in [3.63, 3.8) is 0 Å². The number of nitrogens with one attached hydrogen (secondary N) is 1. The summed E-state index contributed by atoms with van der Waals surface area (Å²) in [6, 6.07) is 5.75. The molecule has 1 aliphatic heterocycles. The second-order valence-corrected chi connectivity index (χ2v) is 9.29. The van der Waals surface area contributed by atoms with Gasteiger partial charge in [-0.15, -0.1) is 0 Å². The molecule has 0 radical (unpaired) electrons. The molecule has 0 aliphatic carbocycles. The molecule has 1 atom stereocenters. The van der Waals surface area contributed by atoms with E-state index in [4.69, 9.17) is 14.9 Å². The number of benzene rings is 1. The molecular formula is C18H23N3O5S2. The number of carbonyl (C=O) groups excluding carboxylic acids is 1. The molecule has 152 valence electrons. The summed E-state index contributed by atoms with van der Waals surface area (Å²) in [6.07, 6.45) is 3.22. The number of amides is 1. The van der Waals surface area contributed by atoms with E-state index < -0.39 is 15.9 Å². The lowest BCUT2D eigenvalue weighted by Gasteiger charge is -2.33. The van der Waals surface area contributed by atoms with E-state index in [9.17, 15) is 13.2 Å². The molecule has 8 nitrogen and oxygen atoms in total. The molecule has 28 heavy (non-hydrogen) atoms. The average molecular weight is 426 g/mol. The van der Waals surface area contributed by atoms with E-state index in [0.717, 1.165) is 30.2 Å². The van der Waals surface area contributed by atoms with Gasteiger partial charge in [0.25, 0.3) is 5.91 Å². The molecule has 2 heterocycles. The normalized spacial score (nSPS) is 16.6. The lowest BCUT2D eigenvalue weighted by Crippen LogP contribution is -2.41. The van der Waals surface area contributed by atoms with Gasteiger partial charge in [0.1, 0.15) is 5.75 Å². The summed E-state index contributed by atoms with van der Waals surface area (Å²) in [5, 5.41) is 0. The number of rotatable bonds is 8. The van der Waals surface area contributed by atoms with Crippen molar-refractivity contribution in [1.82, 2.24) is 9.62 Å². The van der Waals surface area contributed by atoms with Crippen molar-refractivity contribution in [1.29, 1.82) is 0 Å². The second-order valence-electron chi connectivity index (χ2n) is 6.30. The first-order chi connectivity index (χ1) is 13.4. The maximum atomic E-state index is 12.8. The Kier molecular flexibility index (Phi) is 6.65. The summed E-state index contributed by atoms with van der Waals surface area (Å²) >= 11 is 1.88. The zero-order valence-electron chi connectivity index (χ0n) is 15.5. The first-order valence-electron chi connectivity index (χ1n) is 8.74. The van der Waals surface area contributed by atoms with E-state index in [1.54, 1.807) is 12.5 Å². The van der Waals surface area contributed by atoms with Gasteiger partial charge < -0.3 is 14.9 Å². The first-order valence-corrected chi connectivity index (χ1v) is 11.4. The third-order valence-electron chi connectivity index (χ3n) is 4.63. The van der Waals surface area contributed by atoms with Crippen LogP contribution >= 0.6 is 11.8 Å². The molecular weight excluding hydrogens is 402 g/mol. The van der Waals surface area contributed by atoms with Crippen LogP contribution in [0.4, 0.5) is 0 Å². The minimum atomic E-state index is -3.84. The fourth-order valence-electron chi connectivity index (χ4n) is 3.13. The molecule has 1 aliphatic rings. The zero-order valence-corrected chi connectivity index (χ0v) is 17.1. The molecule has 0 saturated carbocycles. The first kappa shape index (κ1) is 20.7. The van der Waals surface area contributed by atoms with Crippen molar-refractivity contribution < 1.29 is 22.4 Å². The van der Waals surface area contributed by atoms with Crippen LogP contribution in [-0.2, 0) is 10.0 Å². The molecule has 1 saturated heterocycles. The fraction of sp³-hybridized carbons (Fsp3) is 0.389. The Balaban J connectivity index is 1.80. The van der Waals surface area contributed by atoms with Crippen molar-refractivity contribution in [2.24, 2.45) is 5.73 Å². The van der Waals surface area contributed by atoms with Crippen LogP contribution < -0.4 is 15.2 Å². The molecule has 0 spiro atoms. The van der Waals surface area contributed by atoms with Gasteiger partial charge in [-0.3, -0.25) is 9.69 Å². The Labute approximate surface area is 168 Å². The number of sulfonamides is 1. The molecule has 0 bridgehead atoms. The Hall–Kier alpha value is -2.01. The van der Waals surface area contributed by atoms with Crippen molar-refractivity contribution in [2.75, 3.05) is 38.2 Å². The number of nitrogens with two attached hydrogens (primary N) is 1. The van der Waals surface area contributed by atoms with Crippen molar-refractivity contribution in [3.8, 4) is 5.75 Å². The third kappa shape index (κ3) is 4.69. The van der Waals surface area contributed by atoms with E-state index in [0.29, 0.717) is 0 Å². The Morgan fingerprint density at radius 3 is 2.71 bits per heavy atom. The molecule has 0 unspecified atom stereocenters. The Morgan fingerprint density at radius 1 is 1.36 bits per heavy atom. The lowest BCUT2D eigenvalue weighted by atomic mass is 10.1. The van der Waals surface area contributed by atoms with E-state index in [1.807, 2.05) is 17.8 Å². The highest BCUT2D eigenvalue weighted by Crippen LogP contribution is 2.26. The fourth-order valence-corrected chi connectivity index (χ4v) is 5.13. The molecule has 3 rings (SSSR count). The van der Waals surface area contributed by atoms with Crippen LogP contribution in [0.1, 0.15) is 22.0 Å². The van der Waals surface area contributed by atoms with Gasteiger partial charge in [0.2, 0.25) is 10.0 Å². The van der Waals surface area contributed by atoms with Gasteiger partial charge >= 0.3 is 0 Å². The standard InChI is InChI=1S/C18H23N3O5S2/c1-25-17-3-2-14(10-15(17)18(19)22)28(23,24)20-11-16(13-4-7-26-12-13)21-5-8-27-9-6-21/h2-4,7,10,12,16,20H,5-6,8-9,11H2,1H3,(H2,19,22)/t16-/m1/s1. The molecule has 1 fully saturated rings. The maximum Gasteiger partial charge on any atom is 0.252 e. The maximum absolute atomic E-state index is 12.8. The van der Waals surface area contributed by atoms with Crippen LogP contribution in [-0.4, -0.2) is 57.5 Å². The molecule has 1 aromatic heterocycles. The topological polar surface area (TPSA) is 115 Å². The Morgan fingerprint density at radius 2 is 2.11 bits per heavy atom. The number of thioether (sulfide) groups is 1. The summed E-state index contributed by atoms with van der Waals surface area (Å²) in [5.74, 6) is 1.48. The summed E-state index contributed by atoms with van der Waals surface area (Å²) in [7, 11) is -2.45.